The third-order valence-electron chi connectivity index (χ3n) is 1.46. The number of hydrogen-bond acceptors (Lipinski definition) is 3. The lowest BCUT2D eigenvalue weighted by Gasteiger charge is -2.03. The third kappa shape index (κ3) is 1.71. The zero-order valence-corrected chi connectivity index (χ0v) is 8.61. The van der Waals surface area contributed by atoms with E-state index in [2.05, 4.69) is 4.98 Å². The van der Waals surface area contributed by atoms with Crippen LogP contribution >= 0.6 is 22.6 Å². The number of carbonyl (C=O) groups is 1. The van der Waals surface area contributed by atoms with Crippen LogP contribution in [0.4, 0.5) is 0 Å². The number of carbonyl (C=O) groups excluding carboxylic acids is 1. The fourth-order valence-electron chi connectivity index (χ4n) is 0.840. The molecule has 5 heteroatoms. The first-order valence-corrected chi connectivity index (χ1v) is 4.40. The van der Waals surface area contributed by atoms with Crippen molar-refractivity contribution in [2.45, 2.75) is 13.5 Å². The first-order valence-electron chi connectivity index (χ1n) is 3.32. The van der Waals surface area contributed by atoms with E-state index in [1.54, 1.807) is 6.92 Å². The second kappa shape index (κ2) is 3.79. The van der Waals surface area contributed by atoms with Gasteiger partial charge >= 0.3 is 0 Å². The maximum Gasteiger partial charge on any atom is 0.267 e. The molecule has 0 saturated carbocycles. The summed E-state index contributed by atoms with van der Waals surface area (Å²) in [6, 6.07) is 0. The van der Waals surface area contributed by atoms with Gasteiger partial charge in [0.1, 0.15) is 12.1 Å². The summed E-state index contributed by atoms with van der Waals surface area (Å²) in [6.07, 6.45) is 2.19. The molecular formula is C7H7IN2O2. The number of aldehydes is 1. The molecule has 1 heterocycles. The minimum absolute atomic E-state index is 0.0779. The van der Waals surface area contributed by atoms with Gasteiger partial charge in [-0.25, -0.2) is 4.98 Å². The van der Waals surface area contributed by atoms with Crippen molar-refractivity contribution in [3.63, 3.8) is 0 Å². The maximum absolute atomic E-state index is 11.3. The van der Waals surface area contributed by atoms with Gasteiger partial charge in [0, 0.05) is 6.20 Å². The number of aryl methyl sites for hydroxylation is 1. The fourth-order valence-corrected chi connectivity index (χ4v) is 1.27. The second-order valence-corrected chi connectivity index (χ2v) is 3.40. The molecule has 0 atom stereocenters. The van der Waals surface area contributed by atoms with Crippen molar-refractivity contribution >= 4 is 28.9 Å². The zero-order chi connectivity index (χ0) is 9.14. The molecular weight excluding hydrogens is 271 g/mol. The van der Waals surface area contributed by atoms with Gasteiger partial charge in [-0.05, 0) is 29.5 Å². The van der Waals surface area contributed by atoms with Gasteiger partial charge in [0.05, 0.1) is 10.1 Å². The van der Waals surface area contributed by atoms with E-state index in [1.165, 1.54) is 10.8 Å². The first-order chi connectivity index (χ1) is 5.66. The van der Waals surface area contributed by atoms with Crippen molar-refractivity contribution in [1.29, 1.82) is 0 Å². The molecule has 1 rings (SSSR count). The van der Waals surface area contributed by atoms with Crippen molar-refractivity contribution in [2.75, 3.05) is 0 Å². The van der Waals surface area contributed by atoms with Crippen LogP contribution in [-0.2, 0) is 11.3 Å². The van der Waals surface area contributed by atoms with Gasteiger partial charge < -0.3 is 4.79 Å². The van der Waals surface area contributed by atoms with Crippen molar-refractivity contribution in [2.24, 2.45) is 0 Å². The Morgan fingerprint density at radius 1 is 1.75 bits per heavy atom. The molecule has 1 aromatic rings. The molecule has 0 saturated heterocycles. The SMILES string of the molecule is Cc1ncc(I)c(=O)n1CC=O. The highest BCUT2D eigenvalue weighted by Gasteiger charge is 2.03. The smallest absolute Gasteiger partial charge is 0.267 e. The lowest BCUT2D eigenvalue weighted by molar-refractivity contribution is -0.108. The fraction of sp³-hybridized carbons (Fsp3) is 0.286. The van der Waals surface area contributed by atoms with Crippen molar-refractivity contribution in [1.82, 2.24) is 9.55 Å². The standard InChI is InChI=1S/C7H7IN2O2/c1-5-9-4-6(8)7(12)10(5)2-3-11/h3-4H,2H2,1H3. The zero-order valence-electron chi connectivity index (χ0n) is 6.45. The summed E-state index contributed by atoms with van der Waals surface area (Å²) < 4.78 is 1.87. The average Bonchev–Trinajstić information content (AvgIpc) is 2.06. The number of aromatic nitrogens is 2. The van der Waals surface area contributed by atoms with Crippen molar-refractivity contribution < 1.29 is 4.79 Å². The van der Waals surface area contributed by atoms with Gasteiger partial charge in [-0.3, -0.25) is 9.36 Å². The molecule has 1 aromatic heterocycles. The summed E-state index contributed by atoms with van der Waals surface area (Å²) >= 11 is 1.89. The molecule has 0 aliphatic rings. The largest absolute Gasteiger partial charge is 0.301 e. The van der Waals surface area contributed by atoms with E-state index in [0.29, 0.717) is 15.7 Å². The van der Waals surface area contributed by atoms with Crippen molar-refractivity contribution in [3.8, 4) is 0 Å². The molecule has 0 aliphatic carbocycles. The highest BCUT2D eigenvalue weighted by atomic mass is 127. The Bertz CT molecular complexity index is 359. The molecule has 12 heavy (non-hydrogen) atoms. The molecule has 0 amide bonds. The van der Waals surface area contributed by atoms with Crippen LogP contribution in [0, 0.1) is 10.5 Å². The van der Waals surface area contributed by atoms with Crippen LogP contribution in [0.1, 0.15) is 5.82 Å². The molecule has 0 unspecified atom stereocenters. The summed E-state index contributed by atoms with van der Waals surface area (Å²) in [5.41, 5.74) is -0.157. The Hall–Kier alpha value is -0.720. The Balaban J connectivity index is 3.32. The van der Waals surface area contributed by atoms with Gasteiger partial charge in [-0.1, -0.05) is 0 Å². The minimum Gasteiger partial charge on any atom is -0.301 e. The molecule has 0 fully saturated rings. The quantitative estimate of drug-likeness (QED) is 0.579. The van der Waals surface area contributed by atoms with Crippen LogP contribution in [0.3, 0.4) is 0 Å². The second-order valence-electron chi connectivity index (χ2n) is 2.24. The first kappa shape index (κ1) is 9.37. The number of nitrogens with zero attached hydrogens (tertiary/aromatic N) is 2. The van der Waals surface area contributed by atoms with Crippen molar-refractivity contribution in [3.05, 3.63) is 25.9 Å². The van der Waals surface area contributed by atoms with Gasteiger partial charge in [0.15, 0.2) is 0 Å². The summed E-state index contributed by atoms with van der Waals surface area (Å²) in [5.74, 6) is 0.563. The maximum atomic E-state index is 11.3. The van der Waals surface area contributed by atoms with Crippen LogP contribution in [0.2, 0.25) is 0 Å². The molecule has 0 N–H and O–H groups in total. The normalized spacial score (nSPS) is 9.83. The topological polar surface area (TPSA) is 52.0 Å². The van der Waals surface area contributed by atoms with Crippen LogP contribution in [-0.4, -0.2) is 15.8 Å². The summed E-state index contributed by atoms with van der Waals surface area (Å²) in [4.78, 5) is 25.5. The van der Waals surface area contributed by atoms with Gasteiger partial charge in [0.2, 0.25) is 0 Å². The number of hydrogen-bond donors (Lipinski definition) is 0. The molecule has 0 aliphatic heterocycles. The van der Waals surface area contributed by atoms with E-state index in [4.69, 9.17) is 0 Å². The Kier molecular flexibility index (Phi) is 2.96. The Morgan fingerprint density at radius 3 is 3.00 bits per heavy atom. The van der Waals surface area contributed by atoms with Crippen LogP contribution in [0.5, 0.6) is 0 Å². The summed E-state index contributed by atoms with van der Waals surface area (Å²) in [7, 11) is 0. The highest BCUT2D eigenvalue weighted by molar-refractivity contribution is 14.1. The van der Waals surface area contributed by atoms with Crippen LogP contribution in [0.15, 0.2) is 11.0 Å². The number of halogens is 1. The Labute approximate surface area is 82.8 Å². The van der Waals surface area contributed by atoms with Gasteiger partial charge in [-0.2, -0.15) is 0 Å². The summed E-state index contributed by atoms with van der Waals surface area (Å²) in [6.45, 7) is 1.77. The predicted molar refractivity (Wildman–Crippen MR) is 52.0 cm³/mol. The molecule has 0 radical (unpaired) electrons. The van der Waals surface area contributed by atoms with Gasteiger partial charge in [-0.15, -0.1) is 0 Å². The third-order valence-corrected chi connectivity index (χ3v) is 2.20. The van der Waals surface area contributed by atoms with E-state index in [0.717, 1.165) is 0 Å². The van der Waals surface area contributed by atoms with E-state index in [-0.39, 0.29) is 12.1 Å². The summed E-state index contributed by atoms with van der Waals surface area (Å²) in [5, 5.41) is 0. The predicted octanol–water partition coefficient (Wildman–Crippen LogP) is 0.355. The highest BCUT2D eigenvalue weighted by Crippen LogP contribution is 1.96. The van der Waals surface area contributed by atoms with E-state index in [9.17, 15) is 9.59 Å². The lowest BCUT2D eigenvalue weighted by Crippen LogP contribution is -2.26. The molecule has 0 aromatic carbocycles. The lowest BCUT2D eigenvalue weighted by atomic mass is 10.5. The average molecular weight is 278 g/mol. The number of rotatable bonds is 2. The molecule has 0 spiro atoms. The monoisotopic (exact) mass is 278 g/mol. The van der Waals surface area contributed by atoms with E-state index in [1.807, 2.05) is 22.6 Å². The molecule has 0 bridgehead atoms. The van der Waals surface area contributed by atoms with E-state index >= 15 is 0 Å². The van der Waals surface area contributed by atoms with Gasteiger partial charge in [0.25, 0.3) is 5.56 Å². The molecule has 64 valence electrons. The minimum atomic E-state index is -0.157. The van der Waals surface area contributed by atoms with Crippen LogP contribution in [0.25, 0.3) is 0 Å². The Morgan fingerprint density at radius 2 is 2.42 bits per heavy atom. The van der Waals surface area contributed by atoms with E-state index < -0.39 is 0 Å². The molecule has 4 nitrogen and oxygen atoms in total. The van der Waals surface area contributed by atoms with Crippen LogP contribution < -0.4 is 5.56 Å².